The van der Waals surface area contributed by atoms with Gasteiger partial charge in [0.2, 0.25) is 0 Å². The molecule has 0 aliphatic heterocycles. The molecular weight excluding hydrogens is 246 g/mol. The maximum atomic E-state index is 6.17. The van der Waals surface area contributed by atoms with E-state index >= 15 is 0 Å². The topological polar surface area (TPSA) is 51.8 Å². The van der Waals surface area contributed by atoms with Crippen molar-refractivity contribution in [2.75, 3.05) is 5.73 Å². The van der Waals surface area contributed by atoms with Crippen LogP contribution in [0.15, 0.2) is 0 Å². The maximum absolute atomic E-state index is 6.17. The fourth-order valence-electron chi connectivity index (χ4n) is 3.94. The number of nitrogen functional groups attached to an aromatic ring is 1. The first-order chi connectivity index (χ1) is 9.78. The van der Waals surface area contributed by atoms with Gasteiger partial charge in [-0.1, -0.05) is 19.8 Å². The van der Waals surface area contributed by atoms with E-state index < -0.39 is 0 Å². The Morgan fingerprint density at radius 3 is 2.55 bits per heavy atom. The summed E-state index contributed by atoms with van der Waals surface area (Å²) in [7, 11) is 0. The molecule has 0 amide bonds. The van der Waals surface area contributed by atoms with Gasteiger partial charge in [-0.3, -0.25) is 0 Å². The highest BCUT2D eigenvalue weighted by atomic mass is 15.0. The Balaban J connectivity index is 1.73. The monoisotopic (exact) mass is 273 g/mol. The third-order valence-electron chi connectivity index (χ3n) is 5.14. The van der Waals surface area contributed by atoms with Crippen LogP contribution in [0.5, 0.6) is 0 Å². The van der Waals surface area contributed by atoms with Crippen LogP contribution in [0.25, 0.3) is 0 Å². The summed E-state index contributed by atoms with van der Waals surface area (Å²) in [4.78, 5) is 9.53. The third kappa shape index (κ3) is 2.82. The molecule has 3 heteroatoms. The van der Waals surface area contributed by atoms with Crippen molar-refractivity contribution in [3.63, 3.8) is 0 Å². The number of nitrogens with two attached hydrogens (primary N) is 1. The number of aromatic nitrogens is 2. The summed E-state index contributed by atoms with van der Waals surface area (Å²) in [6.07, 6.45) is 12.6. The Hall–Kier alpha value is -1.12. The molecular formula is C17H27N3. The van der Waals surface area contributed by atoms with Crippen LogP contribution in [0.1, 0.15) is 81.3 Å². The molecule has 0 unspecified atom stereocenters. The quantitative estimate of drug-likeness (QED) is 0.905. The second kappa shape index (κ2) is 6.11. The lowest BCUT2D eigenvalue weighted by Gasteiger charge is -2.28. The van der Waals surface area contributed by atoms with Crippen LogP contribution in [0.4, 0.5) is 5.82 Å². The molecule has 0 atom stereocenters. The number of hydrogen-bond acceptors (Lipinski definition) is 3. The van der Waals surface area contributed by atoms with E-state index in [9.17, 15) is 0 Å². The number of anilines is 1. The summed E-state index contributed by atoms with van der Waals surface area (Å²) in [5.41, 5.74) is 8.65. The second-order valence-corrected chi connectivity index (χ2v) is 6.61. The molecule has 2 N–H and O–H groups in total. The van der Waals surface area contributed by atoms with Crippen molar-refractivity contribution in [1.82, 2.24) is 9.97 Å². The Morgan fingerprint density at radius 1 is 1.05 bits per heavy atom. The average molecular weight is 273 g/mol. The van der Waals surface area contributed by atoms with Crippen LogP contribution in [-0.4, -0.2) is 9.97 Å². The van der Waals surface area contributed by atoms with Gasteiger partial charge in [-0.15, -0.1) is 0 Å². The van der Waals surface area contributed by atoms with Gasteiger partial charge in [-0.2, -0.15) is 0 Å². The van der Waals surface area contributed by atoms with Crippen LogP contribution >= 0.6 is 0 Å². The standard InChI is InChI=1S/C17H27N3/c1-2-5-12-8-10-13(11-9-12)17-19-15-7-4-3-6-14(15)16(18)20-17/h12-13H,2-11H2,1H3,(H2,18,19,20). The fraction of sp³-hybridized carbons (Fsp3) is 0.765. The van der Waals surface area contributed by atoms with E-state index in [4.69, 9.17) is 10.7 Å². The van der Waals surface area contributed by atoms with Crippen LogP contribution in [-0.2, 0) is 12.8 Å². The van der Waals surface area contributed by atoms with Crippen molar-refractivity contribution in [1.29, 1.82) is 0 Å². The molecule has 3 nitrogen and oxygen atoms in total. The first-order valence-corrected chi connectivity index (χ1v) is 8.43. The molecule has 0 spiro atoms. The predicted molar refractivity (Wildman–Crippen MR) is 82.7 cm³/mol. The van der Waals surface area contributed by atoms with Crippen molar-refractivity contribution in [3.8, 4) is 0 Å². The number of aryl methyl sites for hydroxylation is 1. The van der Waals surface area contributed by atoms with E-state index in [2.05, 4.69) is 11.9 Å². The molecule has 2 aliphatic carbocycles. The first kappa shape index (κ1) is 13.8. The summed E-state index contributed by atoms with van der Waals surface area (Å²) < 4.78 is 0. The molecule has 1 aromatic heterocycles. The average Bonchev–Trinajstić information content (AvgIpc) is 2.48. The lowest BCUT2D eigenvalue weighted by molar-refractivity contribution is 0.302. The van der Waals surface area contributed by atoms with E-state index in [0.717, 1.165) is 30.4 Å². The molecule has 1 fully saturated rings. The minimum atomic E-state index is 0.553. The van der Waals surface area contributed by atoms with Crippen molar-refractivity contribution in [2.45, 2.75) is 77.0 Å². The van der Waals surface area contributed by atoms with E-state index in [1.54, 1.807) is 0 Å². The van der Waals surface area contributed by atoms with Gasteiger partial charge in [0.25, 0.3) is 0 Å². The number of hydrogen-bond donors (Lipinski definition) is 1. The van der Waals surface area contributed by atoms with Gasteiger partial charge < -0.3 is 5.73 Å². The molecule has 1 heterocycles. The first-order valence-electron chi connectivity index (χ1n) is 8.43. The van der Waals surface area contributed by atoms with E-state index in [1.165, 1.54) is 62.6 Å². The van der Waals surface area contributed by atoms with E-state index in [1.807, 2.05) is 0 Å². The lowest BCUT2D eigenvalue weighted by atomic mass is 9.79. The molecule has 2 aliphatic rings. The molecule has 110 valence electrons. The van der Waals surface area contributed by atoms with Crippen LogP contribution < -0.4 is 5.73 Å². The van der Waals surface area contributed by atoms with E-state index in [-0.39, 0.29) is 0 Å². The van der Waals surface area contributed by atoms with Gasteiger partial charge in [-0.25, -0.2) is 9.97 Å². The molecule has 3 rings (SSSR count). The minimum absolute atomic E-state index is 0.553. The maximum Gasteiger partial charge on any atom is 0.134 e. The Morgan fingerprint density at radius 2 is 1.80 bits per heavy atom. The van der Waals surface area contributed by atoms with Crippen molar-refractivity contribution in [2.24, 2.45) is 5.92 Å². The SMILES string of the molecule is CCCC1CCC(c2nc(N)c3c(n2)CCCC3)CC1. The summed E-state index contributed by atoms with van der Waals surface area (Å²) in [5, 5.41) is 0. The minimum Gasteiger partial charge on any atom is -0.383 e. The molecule has 0 radical (unpaired) electrons. The summed E-state index contributed by atoms with van der Waals surface area (Å²) in [6.45, 7) is 2.29. The van der Waals surface area contributed by atoms with Crippen molar-refractivity contribution < 1.29 is 0 Å². The molecule has 0 saturated heterocycles. The zero-order valence-electron chi connectivity index (χ0n) is 12.7. The third-order valence-corrected chi connectivity index (χ3v) is 5.14. The number of nitrogens with zero attached hydrogens (tertiary/aromatic N) is 2. The Kier molecular flexibility index (Phi) is 4.23. The molecule has 0 bridgehead atoms. The van der Waals surface area contributed by atoms with Gasteiger partial charge in [0.15, 0.2) is 0 Å². The van der Waals surface area contributed by atoms with Crippen molar-refractivity contribution >= 4 is 5.82 Å². The van der Waals surface area contributed by atoms with Gasteiger partial charge in [0.05, 0.1) is 0 Å². The van der Waals surface area contributed by atoms with E-state index in [0.29, 0.717) is 5.92 Å². The zero-order chi connectivity index (χ0) is 13.9. The lowest BCUT2D eigenvalue weighted by Crippen LogP contribution is -2.19. The largest absolute Gasteiger partial charge is 0.383 e. The summed E-state index contributed by atoms with van der Waals surface area (Å²) in [5.74, 6) is 3.29. The number of fused-ring (bicyclic) bond motifs is 1. The highest BCUT2D eigenvalue weighted by molar-refractivity contribution is 5.43. The normalized spacial score (nSPS) is 26.2. The summed E-state index contributed by atoms with van der Waals surface area (Å²) >= 11 is 0. The molecule has 1 aromatic rings. The van der Waals surface area contributed by atoms with Gasteiger partial charge >= 0.3 is 0 Å². The van der Waals surface area contributed by atoms with Crippen LogP contribution in [0.3, 0.4) is 0 Å². The Bertz CT molecular complexity index is 462. The molecule has 1 saturated carbocycles. The van der Waals surface area contributed by atoms with Gasteiger partial charge in [0.1, 0.15) is 11.6 Å². The van der Waals surface area contributed by atoms with Crippen LogP contribution in [0.2, 0.25) is 0 Å². The van der Waals surface area contributed by atoms with Crippen molar-refractivity contribution in [3.05, 3.63) is 17.1 Å². The van der Waals surface area contributed by atoms with Crippen LogP contribution in [0, 0.1) is 5.92 Å². The number of rotatable bonds is 3. The fourth-order valence-corrected chi connectivity index (χ4v) is 3.94. The van der Waals surface area contributed by atoms with Gasteiger partial charge in [-0.05, 0) is 57.3 Å². The second-order valence-electron chi connectivity index (χ2n) is 6.61. The summed E-state index contributed by atoms with van der Waals surface area (Å²) in [6, 6.07) is 0. The van der Waals surface area contributed by atoms with Gasteiger partial charge in [0, 0.05) is 17.2 Å². The highest BCUT2D eigenvalue weighted by Gasteiger charge is 2.25. The Labute approximate surface area is 122 Å². The predicted octanol–water partition coefficient (Wildman–Crippen LogP) is 4.01. The zero-order valence-corrected chi connectivity index (χ0v) is 12.7. The molecule has 20 heavy (non-hydrogen) atoms. The molecule has 0 aromatic carbocycles. The smallest absolute Gasteiger partial charge is 0.134 e. The highest BCUT2D eigenvalue weighted by Crippen LogP contribution is 2.37.